The standard InChI is InChI=1S/C9H6ClNO3S/c10-15(13,14)9-8-5-7(12)2-1-6(8)3-4-11-9/h1-5,12H. The highest BCUT2D eigenvalue weighted by molar-refractivity contribution is 8.13. The molecule has 0 saturated heterocycles. The number of fused-ring (bicyclic) bond motifs is 1. The Kier molecular flexibility index (Phi) is 2.28. The third-order valence-corrected chi connectivity index (χ3v) is 3.17. The van der Waals surface area contributed by atoms with Crippen LogP contribution in [0, 0.1) is 0 Å². The summed E-state index contributed by atoms with van der Waals surface area (Å²) in [6, 6.07) is 6.02. The van der Waals surface area contributed by atoms with Gasteiger partial charge >= 0.3 is 0 Å². The number of aromatic hydroxyl groups is 1. The molecule has 2 rings (SSSR count). The molecule has 0 atom stereocenters. The molecule has 0 bridgehead atoms. The van der Waals surface area contributed by atoms with Gasteiger partial charge in [0.25, 0.3) is 9.05 Å². The number of aromatic nitrogens is 1. The summed E-state index contributed by atoms with van der Waals surface area (Å²) < 4.78 is 22.4. The molecule has 1 heterocycles. The van der Waals surface area contributed by atoms with Gasteiger partial charge in [-0.1, -0.05) is 6.07 Å². The Bertz CT molecular complexity index is 624. The fraction of sp³-hybridized carbons (Fsp3) is 0. The van der Waals surface area contributed by atoms with Crippen LogP contribution in [-0.2, 0) is 9.05 Å². The molecule has 0 amide bonds. The quantitative estimate of drug-likeness (QED) is 0.777. The predicted octanol–water partition coefficient (Wildman–Crippen LogP) is 1.87. The number of nitrogens with zero attached hydrogens (tertiary/aromatic N) is 1. The number of hydrogen-bond donors (Lipinski definition) is 1. The van der Waals surface area contributed by atoms with Gasteiger partial charge in [-0.05, 0) is 23.6 Å². The molecule has 4 nitrogen and oxygen atoms in total. The largest absolute Gasteiger partial charge is 0.508 e. The molecule has 78 valence electrons. The van der Waals surface area contributed by atoms with Gasteiger partial charge in [0.1, 0.15) is 5.75 Å². The van der Waals surface area contributed by atoms with Gasteiger partial charge in [-0.3, -0.25) is 0 Å². The zero-order valence-electron chi connectivity index (χ0n) is 7.38. The van der Waals surface area contributed by atoms with Gasteiger partial charge in [0, 0.05) is 22.3 Å². The van der Waals surface area contributed by atoms with Crippen LogP contribution < -0.4 is 0 Å². The minimum absolute atomic E-state index is 0.0305. The Morgan fingerprint density at radius 1 is 1.27 bits per heavy atom. The third-order valence-electron chi connectivity index (χ3n) is 1.94. The van der Waals surface area contributed by atoms with Gasteiger partial charge in [-0.15, -0.1) is 0 Å². The molecule has 1 N–H and O–H groups in total. The molecular formula is C9H6ClNO3S. The van der Waals surface area contributed by atoms with Crippen LogP contribution in [-0.4, -0.2) is 18.5 Å². The first-order valence-electron chi connectivity index (χ1n) is 4.01. The SMILES string of the molecule is O=S(=O)(Cl)c1nccc2ccc(O)cc12. The first-order chi connectivity index (χ1) is 6.98. The van der Waals surface area contributed by atoms with Crippen LogP contribution in [0.2, 0.25) is 0 Å². The van der Waals surface area contributed by atoms with Gasteiger partial charge in [0.05, 0.1) is 0 Å². The second kappa shape index (κ2) is 3.36. The van der Waals surface area contributed by atoms with E-state index in [0.717, 1.165) is 0 Å². The fourth-order valence-corrected chi connectivity index (χ4v) is 2.32. The molecule has 0 saturated carbocycles. The molecule has 15 heavy (non-hydrogen) atoms. The van der Waals surface area contributed by atoms with E-state index in [1.165, 1.54) is 18.3 Å². The topological polar surface area (TPSA) is 67.3 Å². The number of phenolic OH excluding ortho intramolecular Hbond substituents is 1. The van der Waals surface area contributed by atoms with Crippen molar-refractivity contribution >= 4 is 30.5 Å². The summed E-state index contributed by atoms with van der Waals surface area (Å²) in [6.45, 7) is 0. The van der Waals surface area contributed by atoms with Crippen molar-refractivity contribution in [3.8, 4) is 5.75 Å². The van der Waals surface area contributed by atoms with E-state index in [4.69, 9.17) is 10.7 Å². The maximum absolute atomic E-state index is 11.2. The average molecular weight is 244 g/mol. The van der Waals surface area contributed by atoms with Crippen LogP contribution in [0.3, 0.4) is 0 Å². The summed E-state index contributed by atoms with van der Waals surface area (Å²) >= 11 is 0. The predicted molar refractivity (Wildman–Crippen MR) is 56.4 cm³/mol. The van der Waals surface area contributed by atoms with Crippen molar-refractivity contribution in [3.05, 3.63) is 30.5 Å². The number of halogens is 1. The van der Waals surface area contributed by atoms with Gasteiger partial charge in [-0.25, -0.2) is 13.4 Å². The van der Waals surface area contributed by atoms with Crippen LogP contribution in [0.25, 0.3) is 10.8 Å². The highest BCUT2D eigenvalue weighted by Gasteiger charge is 2.15. The van der Waals surface area contributed by atoms with Crippen molar-refractivity contribution in [2.24, 2.45) is 0 Å². The van der Waals surface area contributed by atoms with E-state index in [-0.39, 0.29) is 10.8 Å². The van der Waals surface area contributed by atoms with Crippen molar-refractivity contribution < 1.29 is 13.5 Å². The zero-order chi connectivity index (χ0) is 11.1. The van der Waals surface area contributed by atoms with E-state index in [0.29, 0.717) is 10.8 Å². The Hall–Kier alpha value is -1.33. The summed E-state index contributed by atoms with van der Waals surface area (Å²) in [5, 5.41) is 9.98. The number of pyridine rings is 1. The van der Waals surface area contributed by atoms with Crippen molar-refractivity contribution in [1.82, 2.24) is 4.98 Å². The highest BCUT2D eigenvalue weighted by atomic mass is 35.7. The number of benzene rings is 1. The molecule has 0 aliphatic heterocycles. The summed E-state index contributed by atoms with van der Waals surface area (Å²) in [5.74, 6) is -0.0305. The summed E-state index contributed by atoms with van der Waals surface area (Å²) in [6.07, 6.45) is 1.36. The molecule has 0 aliphatic carbocycles. The molecule has 0 fully saturated rings. The average Bonchev–Trinajstić information content (AvgIpc) is 2.15. The van der Waals surface area contributed by atoms with Gasteiger partial charge in [-0.2, -0.15) is 0 Å². The van der Waals surface area contributed by atoms with Crippen molar-refractivity contribution in [1.29, 1.82) is 0 Å². The van der Waals surface area contributed by atoms with E-state index in [2.05, 4.69) is 4.98 Å². The lowest BCUT2D eigenvalue weighted by atomic mass is 10.2. The summed E-state index contributed by atoms with van der Waals surface area (Å²) in [4.78, 5) is 3.69. The molecule has 2 aromatic rings. The first kappa shape index (κ1) is 10.2. The fourth-order valence-electron chi connectivity index (χ4n) is 1.32. The van der Waals surface area contributed by atoms with E-state index < -0.39 is 9.05 Å². The Balaban J connectivity index is 2.92. The van der Waals surface area contributed by atoms with Crippen molar-refractivity contribution in [2.75, 3.05) is 0 Å². The maximum atomic E-state index is 11.2. The first-order valence-corrected chi connectivity index (χ1v) is 6.32. The van der Waals surface area contributed by atoms with E-state index in [9.17, 15) is 13.5 Å². The van der Waals surface area contributed by atoms with Crippen LogP contribution in [0.4, 0.5) is 0 Å². The second-order valence-electron chi connectivity index (χ2n) is 2.96. The van der Waals surface area contributed by atoms with Crippen LogP contribution in [0.5, 0.6) is 5.75 Å². The minimum Gasteiger partial charge on any atom is -0.508 e. The number of hydrogen-bond acceptors (Lipinski definition) is 4. The van der Waals surface area contributed by atoms with E-state index >= 15 is 0 Å². The molecule has 0 spiro atoms. The number of rotatable bonds is 1. The lowest BCUT2D eigenvalue weighted by Crippen LogP contribution is -1.95. The molecular weight excluding hydrogens is 238 g/mol. The molecule has 1 aromatic carbocycles. The summed E-state index contributed by atoms with van der Waals surface area (Å²) in [7, 11) is 1.32. The smallest absolute Gasteiger partial charge is 0.279 e. The van der Waals surface area contributed by atoms with Gasteiger partial charge in [0.2, 0.25) is 0 Å². The Morgan fingerprint density at radius 2 is 2.00 bits per heavy atom. The maximum Gasteiger partial charge on any atom is 0.279 e. The normalized spacial score (nSPS) is 11.8. The molecule has 1 aromatic heterocycles. The van der Waals surface area contributed by atoms with Crippen LogP contribution in [0.1, 0.15) is 0 Å². The molecule has 6 heteroatoms. The van der Waals surface area contributed by atoms with Crippen molar-refractivity contribution in [2.45, 2.75) is 5.03 Å². The van der Waals surface area contributed by atoms with Crippen LogP contribution in [0.15, 0.2) is 35.5 Å². The highest BCUT2D eigenvalue weighted by Crippen LogP contribution is 2.26. The van der Waals surface area contributed by atoms with Gasteiger partial charge in [0.15, 0.2) is 5.03 Å². The Labute approximate surface area is 90.6 Å². The summed E-state index contributed by atoms with van der Waals surface area (Å²) in [5.41, 5.74) is 0. The second-order valence-corrected chi connectivity index (χ2v) is 5.44. The lowest BCUT2D eigenvalue weighted by Gasteiger charge is -2.02. The monoisotopic (exact) mass is 243 g/mol. The molecule has 0 radical (unpaired) electrons. The Morgan fingerprint density at radius 3 is 2.67 bits per heavy atom. The van der Waals surface area contributed by atoms with E-state index in [1.807, 2.05) is 0 Å². The number of phenols is 1. The lowest BCUT2D eigenvalue weighted by molar-refractivity contribution is 0.476. The van der Waals surface area contributed by atoms with Crippen LogP contribution >= 0.6 is 10.7 Å². The third kappa shape index (κ3) is 1.88. The van der Waals surface area contributed by atoms with E-state index in [1.54, 1.807) is 12.1 Å². The zero-order valence-corrected chi connectivity index (χ0v) is 8.96. The minimum atomic E-state index is -3.90. The van der Waals surface area contributed by atoms with Crippen molar-refractivity contribution in [3.63, 3.8) is 0 Å². The molecule has 0 unspecified atom stereocenters. The van der Waals surface area contributed by atoms with Gasteiger partial charge < -0.3 is 5.11 Å². The molecule has 0 aliphatic rings.